The van der Waals surface area contributed by atoms with Crippen LogP contribution in [0.4, 0.5) is 28.4 Å². The lowest BCUT2D eigenvalue weighted by Crippen LogP contribution is -2.29. The Bertz CT molecular complexity index is 4560. The van der Waals surface area contributed by atoms with Crippen molar-refractivity contribution >= 4 is 132 Å². The summed E-state index contributed by atoms with van der Waals surface area (Å²) in [5, 5.41) is 14.4. The van der Waals surface area contributed by atoms with Gasteiger partial charge in [0.2, 0.25) is 0 Å². The van der Waals surface area contributed by atoms with Crippen molar-refractivity contribution in [2.24, 2.45) is 0 Å². The SMILES string of the molecule is CC(C)(C)c1cc2c3cc4ccc(N(c5ccccc5)c5cccc6c5oc5ccccc56)cc4cc3n3c4cc5cc(N(c6cccc7c6oc6ccccc67)C6C=CC=CC6)ccc5cc4c(c1)c23. The number of nitrogens with zero attached hydrogens (tertiary/aromatic N) is 3. The summed E-state index contributed by atoms with van der Waals surface area (Å²) in [6.45, 7) is 6.98. The molecule has 0 radical (unpaired) electrons. The summed E-state index contributed by atoms with van der Waals surface area (Å²) >= 11 is 0. The van der Waals surface area contributed by atoms with Crippen molar-refractivity contribution in [3.8, 4) is 0 Å². The minimum Gasteiger partial charge on any atom is -0.454 e. The second-order valence-electron chi connectivity index (χ2n) is 20.5. The Labute approximate surface area is 409 Å². The number of anilines is 5. The Morgan fingerprint density at radius 1 is 0.451 bits per heavy atom. The molecule has 4 aromatic heterocycles. The molecule has 0 spiro atoms. The third-order valence-corrected chi connectivity index (χ3v) is 15.2. The van der Waals surface area contributed by atoms with Gasteiger partial charge in [-0.2, -0.15) is 0 Å². The van der Waals surface area contributed by atoms with E-state index >= 15 is 0 Å². The molecule has 0 N–H and O–H groups in total. The molecule has 10 aromatic carbocycles. The summed E-state index contributed by atoms with van der Waals surface area (Å²) in [5.41, 5.74) is 13.9. The highest BCUT2D eigenvalue weighted by Crippen LogP contribution is 2.47. The molecule has 338 valence electrons. The Kier molecular flexibility index (Phi) is 8.39. The van der Waals surface area contributed by atoms with Crippen LogP contribution in [-0.2, 0) is 5.41 Å². The largest absolute Gasteiger partial charge is 0.454 e. The fourth-order valence-corrected chi connectivity index (χ4v) is 11.8. The van der Waals surface area contributed by atoms with Gasteiger partial charge in [-0.15, -0.1) is 0 Å². The monoisotopic (exact) mass is 913 g/mol. The van der Waals surface area contributed by atoms with Gasteiger partial charge in [-0.25, -0.2) is 0 Å². The maximum atomic E-state index is 6.69. The molecule has 1 unspecified atom stereocenters. The van der Waals surface area contributed by atoms with Crippen molar-refractivity contribution in [3.05, 3.63) is 218 Å². The van der Waals surface area contributed by atoms with Crippen molar-refractivity contribution in [1.82, 2.24) is 4.40 Å². The van der Waals surface area contributed by atoms with Crippen LogP contribution in [0.15, 0.2) is 221 Å². The van der Waals surface area contributed by atoms with Crippen LogP contribution in [0.5, 0.6) is 0 Å². The summed E-state index contributed by atoms with van der Waals surface area (Å²) in [7, 11) is 0. The average Bonchev–Trinajstić information content (AvgIpc) is 4.16. The van der Waals surface area contributed by atoms with E-state index in [1.807, 2.05) is 12.1 Å². The standard InChI is InChI=1S/C66H47N3O2/c1-66(2,3)44-38-55-53-34-40-28-30-47(67(45-16-6-4-7-17-45)57-24-14-22-51-49-20-10-12-26-61(49)70-64(51)57)32-42(40)36-59(53)69-60-37-43-33-48(31-29-41(43)35-54(60)56(39-44)63(55)69)68(46-18-8-5-9-19-46)58-25-15-23-52-50-21-11-13-27-62(50)71-65(52)58/h4-18,20-39,46H,19H2,1-3H3. The van der Waals surface area contributed by atoms with Gasteiger partial charge in [-0.1, -0.05) is 136 Å². The van der Waals surface area contributed by atoms with E-state index in [4.69, 9.17) is 8.83 Å². The van der Waals surface area contributed by atoms with E-state index in [1.54, 1.807) is 0 Å². The predicted molar refractivity (Wildman–Crippen MR) is 299 cm³/mol. The maximum Gasteiger partial charge on any atom is 0.159 e. The summed E-state index contributed by atoms with van der Waals surface area (Å²) in [6, 6.07) is 69.0. The Hall–Kier alpha value is -8.80. The van der Waals surface area contributed by atoms with Gasteiger partial charge in [0.15, 0.2) is 11.2 Å². The highest BCUT2D eigenvalue weighted by atomic mass is 16.3. The van der Waals surface area contributed by atoms with Gasteiger partial charge in [0, 0.05) is 60.2 Å². The molecular weight excluding hydrogens is 867 g/mol. The second-order valence-corrected chi connectivity index (χ2v) is 20.5. The number of fused-ring (bicyclic) bond motifs is 14. The summed E-state index contributed by atoms with van der Waals surface area (Å²) in [5.74, 6) is 0. The summed E-state index contributed by atoms with van der Waals surface area (Å²) < 4.78 is 15.9. The zero-order chi connectivity index (χ0) is 47.1. The maximum absolute atomic E-state index is 6.69. The lowest BCUT2D eigenvalue weighted by atomic mass is 9.85. The van der Waals surface area contributed by atoms with Gasteiger partial charge in [0.25, 0.3) is 0 Å². The first-order valence-electron chi connectivity index (χ1n) is 24.8. The fraction of sp³-hybridized carbons (Fsp3) is 0.0909. The van der Waals surface area contributed by atoms with Crippen LogP contribution in [0.1, 0.15) is 32.8 Å². The number of allylic oxidation sites excluding steroid dienone is 2. The van der Waals surface area contributed by atoms with Crippen LogP contribution >= 0.6 is 0 Å². The van der Waals surface area contributed by atoms with Crippen molar-refractivity contribution in [1.29, 1.82) is 0 Å². The smallest absolute Gasteiger partial charge is 0.159 e. The zero-order valence-corrected chi connectivity index (χ0v) is 39.6. The van der Waals surface area contributed by atoms with Crippen LogP contribution < -0.4 is 9.80 Å². The number of hydrogen-bond acceptors (Lipinski definition) is 4. The lowest BCUT2D eigenvalue weighted by Gasteiger charge is -2.32. The quantitative estimate of drug-likeness (QED) is 0.167. The second kappa shape index (κ2) is 14.9. The van der Waals surface area contributed by atoms with Gasteiger partial charge in [-0.05, 0) is 136 Å². The van der Waals surface area contributed by atoms with Gasteiger partial charge in [0.05, 0.1) is 34.0 Å². The van der Waals surface area contributed by atoms with Crippen molar-refractivity contribution in [3.63, 3.8) is 0 Å². The number of hydrogen-bond donors (Lipinski definition) is 0. The van der Waals surface area contributed by atoms with E-state index in [0.29, 0.717) is 0 Å². The molecule has 0 saturated heterocycles. The van der Waals surface area contributed by atoms with Crippen LogP contribution in [0.3, 0.4) is 0 Å². The summed E-state index contributed by atoms with van der Waals surface area (Å²) in [4.78, 5) is 4.81. The normalized spacial score (nSPS) is 14.4. The van der Waals surface area contributed by atoms with Gasteiger partial charge in [-0.3, -0.25) is 0 Å². The molecule has 1 atom stereocenters. The van der Waals surface area contributed by atoms with Gasteiger partial charge in [0.1, 0.15) is 11.2 Å². The molecule has 0 aliphatic heterocycles. The van der Waals surface area contributed by atoms with E-state index in [0.717, 1.165) is 78.7 Å². The Balaban J connectivity index is 0.954. The van der Waals surface area contributed by atoms with Crippen LogP contribution in [0.25, 0.3) is 104 Å². The Morgan fingerprint density at radius 3 is 1.63 bits per heavy atom. The van der Waals surface area contributed by atoms with Crippen molar-refractivity contribution < 1.29 is 8.83 Å². The van der Waals surface area contributed by atoms with E-state index in [9.17, 15) is 0 Å². The van der Waals surface area contributed by atoms with Crippen LogP contribution in [0.2, 0.25) is 0 Å². The highest BCUT2D eigenvalue weighted by molar-refractivity contribution is 6.26. The minimum atomic E-state index is -0.0438. The molecule has 4 heterocycles. The molecule has 0 bridgehead atoms. The zero-order valence-electron chi connectivity index (χ0n) is 39.6. The topological polar surface area (TPSA) is 37.2 Å². The minimum absolute atomic E-state index is 0.0438. The third kappa shape index (κ3) is 5.99. The van der Waals surface area contributed by atoms with Gasteiger partial charge < -0.3 is 23.0 Å². The molecule has 5 heteroatoms. The molecule has 0 fully saturated rings. The predicted octanol–water partition coefficient (Wildman–Crippen LogP) is 18.7. The molecule has 1 aliphatic rings. The number of furan rings is 2. The van der Waals surface area contributed by atoms with Gasteiger partial charge >= 0.3 is 0 Å². The molecule has 14 aromatic rings. The summed E-state index contributed by atoms with van der Waals surface area (Å²) in [6.07, 6.45) is 9.79. The molecular formula is C66H47N3O2. The molecule has 0 saturated carbocycles. The third-order valence-electron chi connectivity index (χ3n) is 15.2. The first-order chi connectivity index (χ1) is 34.8. The van der Waals surface area contributed by atoms with E-state index in [1.165, 1.54) is 65.2 Å². The molecule has 71 heavy (non-hydrogen) atoms. The fourth-order valence-electron chi connectivity index (χ4n) is 11.8. The lowest BCUT2D eigenvalue weighted by molar-refractivity contribution is 0.592. The van der Waals surface area contributed by atoms with E-state index in [2.05, 4.69) is 235 Å². The molecule has 1 aliphatic carbocycles. The molecule has 5 nitrogen and oxygen atoms in total. The number of benzene rings is 10. The molecule has 0 amide bonds. The number of para-hydroxylation sites is 5. The number of aromatic nitrogens is 1. The number of rotatable bonds is 6. The van der Waals surface area contributed by atoms with Crippen LogP contribution in [-0.4, -0.2) is 10.4 Å². The van der Waals surface area contributed by atoms with Crippen molar-refractivity contribution in [2.45, 2.75) is 38.6 Å². The first kappa shape index (κ1) is 40.1. The first-order valence-corrected chi connectivity index (χ1v) is 24.8. The van der Waals surface area contributed by atoms with E-state index in [-0.39, 0.29) is 11.5 Å². The van der Waals surface area contributed by atoms with Crippen LogP contribution in [0, 0.1) is 0 Å². The van der Waals surface area contributed by atoms with Crippen molar-refractivity contribution in [2.75, 3.05) is 9.80 Å². The highest BCUT2D eigenvalue weighted by Gasteiger charge is 2.27. The Morgan fingerprint density at radius 2 is 1.01 bits per heavy atom. The average molecular weight is 914 g/mol. The van der Waals surface area contributed by atoms with E-state index < -0.39 is 0 Å². The molecule has 15 rings (SSSR count).